The number of aromatic nitrogens is 1. The molecule has 3 saturated heterocycles. The number of pyridine rings is 1. The highest BCUT2D eigenvalue weighted by molar-refractivity contribution is 5.94. The molecule has 5 nitrogen and oxygen atoms in total. The molecule has 5 heteroatoms. The molecule has 1 amide bonds. The summed E-state index contributed by atoms with van der Waals surface area (Å²) in [5.41, 5.74) is 2.39. The molecule has 0 spiro atoms. The standard InChI is InChI=1S/C22H31N3O2/c26-21-19(10-17-6-1-2-7-20(17)23-21)22(27)25-13-16-8-9-18(14-25)24(12-16)11-15-4-3-5-15/h10,15-16,18H,1-9,11-14H2,(H,23,26)/t16-,18-/m1/s1. The molecular weight excluding hydrogens is 338 g/mol. The van der Waals surface area contributed by atoms with Crippen LogP contribution >= 0.6 is 0 Å². The molecule has 0 unspecified atom stereocenters. The van der Waals surface area contributed by atoms with Crippen molar-refractivity contribution in [2.45, 2.75) is 63.8 Å². The van der Waals surface area contributed by atoms with Crippen molar-refractivity contribution in [1.82, 2.24) is 14.8 Å². The van der Waals surface area contributed by atoms with E-state index in [0.29, 0.717) is 17.5 Å². The van der Waals surface area contributed by atoms with E-state index < -0.39 is 0 Å². The molecule has 27 heavy (non-hydrogen) atoms. The van der Waals surface area contributed by atoms with Crippen LogP contribution in [0.3, 0.4) is 0 Å². The summed E-state index contributed by atoms with van der Waals surface area (Å²) < 4.78 is 0. The zero-order valence-corrected chi connectivity index (χ0v) is 16.2. The summed E-state index contributed by atoms with van der Waals surface area (Å²) in [7, 11) is 0. The van der Waals surface area contributed by atoms with Gasteiger partial charge in [0.2, 0.25) is 0 Å². The van der Waals surface area contributed by atoms with Gasteiger partial charge in [-0.3, -0.25) is 14.5 Å². The van der Waals surface area contributed by atoms with E-state index in [1.165, 1.54) is 44.2 Å². The molecule has 1 aromatic rings. The number of carbonyl (C=O) groups excluding carboxylic acids is 1. The van der Waals surface area contributed by atoms with E-state index in [0.717, 1.165) is 56.9 Å². The van der Waals surface area contributed by atoms with E-state index in [-0.39, 0.29) is 11.5 Å². The number of fused-ring (bicyclic) bond motifs is 5. The lowest BCUT2D eigenvalue weighted by Gasteiger charge is -2.40. The molecule has 1 saturated carbocycles. The monoisotopic (exact) mass is 369 g/mol. The van der Waals surface area contributed by atoms with Gasteiger partial charge in [-0.05, 0) is 74.8 Å². The first-order chi connectivity index (χ1) is 13.2. The lowest BCUT2D eigenvalue weighted by molar-refractivity contribution is 0.0715. The number of H-pyrrole nitrogens is 1. The molecule has 2 atom stereocenters. The number of rotatable bonds is 3. The van der Waals surface area contributed by atoms with Crippen LogP contribution in [0.15, 0.2) is 10.9 Å². The fourth-order valence-electron chi connectivity index (χ4n) is 5.58. The number of aromatic amines is 1. The summed E-state index contributed by atoms with van der Waals surface area (Å²) in [5.74, 6) is 1.38. The van der Waals surface area contributed by atoms with Crippen molar-refractivity contribution in [3.63, 3.8) is 0 Å². The van der Waals surface area contributed by atoms with Crippen LogP contribution in [0.1, 0.15) is 66.6 Å². The van der Waals surface area contributed by atoms with E-state index in [4.69, 9.17) is 0 Å². The third-order valence-corrected chi connectivity index (χ3v) is 7.40. The van der Waals surface area contributed by atoms with Gasteiger partial charge in [-0.1, -0.05) is 6.42 Å². The number of amides is 1. The Balaban J connectivity index is 1.35. The van der Waals surface area contributed by atoms with Crippen molar-refractivity contribution >= 4 is 5.91 Å². The maximum atomic E-state index is 13.3. The first kappa shape index (κ1) is 17.5. The molecular formula is C22H31N3O2. The van der Waals surface area contributed by atoms with Crippen molar-refractivity contribution in [3.8, 4) is 0 Å². The molecule has 2 bridgehead atoms. The minimum absolute atomic E-state index is 0.0491. The summed E-state index contributed by atoms with van der Waals surface area (Å²) in [6.45, 7) is 3.94. The average molecular weight is 370 g/mol. The van der Waals surface area contributed by atoms with Crippen LogP contribution in [-0.4, -0.2) is 52.9 Å². The van der Waals surface area contributed by atoms with E-state index >= 15 is 0 Å². The van der Waals surface area contributed by atoms with Crippen LogP contribution in [0.2, 0.25) is 0 Å². The highest BCUT2D eigenvalue weighted by atomic mass is 16.2. The van der Waals surface area contributed by atoms with Crippen molar-refractivity contribution in [2.24, 2.45) is 11.8 Å². The van der Waals surface area contributed by atoms with Crippen molar-refractivity contribution in [1.29, 1.82) is 0 Å². The number of aryl methyl sites for hydroxylation is 2. The molecule has 1 aromatic heterocycles. The molecule has 3 aliphatic heterocycles. The fourth-order valence-corrected chi connectivity index (χ4v) is 5.58. The van der Waals surface area contributed by atoms with E-state index in [9.17, 15) is 9.59 Å². The number of hydrogen-bond donors (Lipinski definition) is 1. The van der Waals surface area contributed by atoms with Gasteiger partial charge in [0.25, 0.3) is 11.5 Å². The Labute approximate surface area is 161 Å². The third-order valence-electron chi connectivity index (χ3n) is 7.40. The van der Waals surface area contributed by atoms with Gasteiger partial charge >= 0.3 is 0 Å². The van der Waals surface area contributed by atoms with Gasteiger partial charge < -0.3 is 9.88 Å². The lowest BCUT2D eigenvalue weighted by Crippen LogP contribution is -2.47. The molecule has 0 aromatic carbocycles. The van der Waals surface area contributed by atoms with Crippen LogP contribution in [0.5, 0.6) is 0 Å². The van der Waals surface area contributed by atoms with Crippen molar-refractivity contribution in [2.75, 3.05) is 26.2 Å². The van der Waals surface area contributed by atoms with Crippen LogP contribution < -0.4 is 5.56 Å². The van der Waals surface area contributed by atoms with Gasteiger partial charge in [-0.15, -0.1) is 0 Å². The molecule has 146 valence electrons. The normalized spacial score (nSPS) is 28.5. The summed E-state index contributed by atoms with van der Waals surface area (Å²) in [5, 5.41) is 0. The zero-order chi connectivity index (χ0) is 18.4. The topological polar surface area (TPSA) is 56.4 Å². The molecule has 6 rings (SSSR count). The van der Waals surface area contributed by atoms with Gasteiger partial charge in [-0.25, -0.2) is 0 Å². The Morgan fingerprint density at radius 3 is 2.70 bits per heavy atom. The number of piperidine rings is 1. The van der Waals surface area contributed by atoms with E-state index in [1.807, 2.05) is 11.0 Å². The SMILES string of the molecule is O=C(c1cc2c([nH]c1=O)CCCC2)N1C[C@@H]2CC[C@H](C1)N(CC1CCC1)C2. The molecule has 1 N–H and O–H groups in total. The second kappa shape index (κ2) is 7.08. The number of nitrogens with zero attached hydrogens (tertiary/aromatic N) is 2. The van der Waals surface area contributed by atoms with Gasteiger partial charge in [0, 0.05) is 37.9 Å². The Hall–Kier alpha value is -1.62. The molecule has 0 radical (unpaired) electrons. The van der Waals surface area contributed by atoms with Crippen LogP contribution in [0.4, 0.5) is 0 Å². The second-order valence-corrected chi connectivity index (χ2v) is 9.28. The van der Waals surface area contributed by atoms with Gasteiger partial charge in [-0.2, -0.15) is 0 Å². The first-order valence-corrected chi connectivity index (χ1v) is 11.0. The smallest absolute Gasteiger partial charge is 0.261 e. The van der Waals surface area contributed by atoms with Gasteiger partial charge in [0.15, 0.2) is 0 Å². The van der Waals surface area contributed by atoms with Crippen molar-refractivity contribution < 1.29 is 4.79 Å². The first-order valence-electron chi connectivity index (χ1n) is 11.0. The van der Waals surface area contributed by atoms with Crippen LogP contribution in [0.25, 0.3) is 0 Å². The zero-order valence-electron chi connectivity index (χ0n) is 16.2. The Morgan fingerprint density at radius 2 is 1.89 bits per heavy atom. The van der Waals surface area contributed by atoms with Crippen molar-refractivity contribution in [3.05, 3.63) is 33.2 Å². The maximum Gasteiger partial charge on any atom is 0.261 e. The number of nitrogens with one attached hydrogen (secondary N) is 1. The fraction of sp³-hybridized carbons (Fsp3) is 0.727. The Morgan fingerprint density at radius 1 is 1.04 bits per heavy atom. The number of hydrogen-bond acceptors (Lipinski definition) is 3. The Bertz CT molecular complexity index is 782. The third kappa shape index (κ3) is 3.35. The molecule has 4 heterocycles. The highest BCUT2D eigenvalue weighted by Gasteiger charge is 2.38. The van der Waals surface area contributed by atoms with E-state index in [2.05, 4.69) is 9.88 Å². The molecule has 2 aliphatic carbocycles. The summed E-state index contributed by atoms with van der Waals surface area (Å²) in [4.78, 5) is 33.5. The van der Waals surface area contributed by atoms with Gasteiger partial charge in [0.1, 0.15) is 5.56 Å². The average Bonchev–Trinajstić information content (AvgIpc) is 2.95. The Kier molecular flexibility index (Phi) is 4.58. The largest absolute Gasteiger partial charge is 0.337 e. The number of carbonyl (C=O) groups is 1. The van der Waals surface area contributed by atoms with Gasteiger partial charge in [0.05, 0.1) is 0 Å². The molecule has 5 aliphatic rings. The highest BCUT2D eigenvalue weighted by Crippen LogP contribution is 2.33. The minimum atomic E-state index is -0.191. The summed E-state index contributed by atoms with van der Waals surface area (Å²) in [6, 6.07) is 2.37. The van der Waals surface area contributed by atoms with Crippen LogP contribution in [-0.2, 0) is 12.8 Å². The minimum Gasteiger partial charge on any atom is -0.337 e. The quantitative estimate of drug-likeness (QED) is 0.891. The van der Waals surface area contributed by atoms with Crippen LogP contribution in [0, 0.1) is 11.8 Å². The maximum absolute atomic E-state index is 13.3. The predicted octanol–water partition coefficient (Wildman–Crippen LogP) is 2.59. The summed E-state index contributed by atoms with van der Waals surface area (Å²) in [6.07, 6.45) is 10.7. The molecule has 4 fully saturated rings. The second-order valence-electron chi connectivity index (χ2n) is 9.28. The lowest BCUT2D eigenvalue weighted by atomic mass is 9.83. The predicted molar refractivity (Wildman–Crippen MR) is 105 cm³/mol. The van der Waals surface area contributed by atoms with E-state index in [1.54, 1.807) is 0 Å². The summed E-state index contributed by atoms with van der Waals surface area (Å²) >= 11 is 0.